The molecule has 0 unspecified atom stereocenters. The number of rotatable bonds is 5. The molecule has 5 nitrogen and oxygen atoms in total. The number of fused-ring (bicyclic) bond motifs is 1. The number of amides is 1. The van der Waals surface area contributed by atoms with Gasteiger partial charge in [-0.2, -0.15) is 0 Å². The first kappa shape index (κ1) is 16.8. The molecule has 1 saturated carbocycles. The molecule has 0 bridgehead atoms. The first-order valence-electron chi connectivity index (χ1n) is 9.11. The second-order valence-electron chi connectivity index (χ2n) is 6.88. The summed E-state index contributed by atoms with van der Waals surface area (Å²) >= 11 is 0. The number of carbonyl (C=O) groups excluding carboxylic acids is 1. The number of hydrogen-bond acceptors (Lipinski definition) is 4. The molecule has 2 aromatic rings. The van der Waals surface area contributed by atoms with Crippen molar-refractivity contribution in [1.29, 1.82) is 0 Å². The van der Waals surface area contributed by atoms with Gasteiger partial charge in [-0.1, -0.05) is 12.1 Å². The highest BCUT2D eigenvalue weighted by atomic mass is 16.7. The summed E-state index contributed by atoms with van der Waals surface area (Å²) in [6.45, 7) is 0. The zero-order chi connectivity index (χ0) is 18.0. The Kier molecular flexibility index (Phi) is 4.45. The Hall–Kier alpha value is -2.69. The zero-order valence-electron chi connectivity index (χ0n) is 14.9. The van der Waals surface area contributed by atoms with Crippen LogP contribution in [0, 0.1) is 0 Å². The molecule has 1 heterocycles. The van der Waals surface area contributed by atoms with E-state index in [1.165, 1.54) is 0 Å². The van der Waals surface area contributed by atoms with Crippen LogP contribution in [0.4, 0.5) is 5.69 Å². The molecule has 1 spiro atoms. The van der Waals surface area contributed by atoms with E-state index in [1.807, 2.05) is 42.5 Å². The van der Waals surface area contributed by atoms with Crippen molar-refractivity contribution < 1.29 is 19.0 Å². The first-order valence-corrected chi connectivity index (χ1v) is 9.11. The molecular formula is C21H23NO4. The molecule has 5 heteroatoms. The minimum atomic E-state index is -0.473. The lowest BCUT2D eigenvalue weighted by atomic mass is 10.1. The Balaban J connectivity index is 1.33. The summed E-state index contributed by atoms with van der Waals surface area (Å²) in [5, 5.41) is 2.94. The molecular weight excluding hydrogens is 330 g/mol. The van der Waals surface area contributed by atoms with Crippen molar-refractivity contribution in [3.63, 3.8) is 0 Å². The molecule has 2 aromatic carbocycles. The van der Waals surface area contributed by atoms with Gasteiger partial charge in [-0.15, -0.1) is 0 Å². The lowest BCUT2D eigenvalue weighted by Gasteiger charge is -2.21. The number of carbonyl (C=O) groups is 1. The average molecular weight is 353 g/mol. The van der Waals surface area contributed by atoms with Crippen molar-refractivity contribution in [3.8, 4) is 17.2 Å². The molecule has 1 N–H and O–H groups in total. The summed E-state index contributed by atoms with van der Waals surface area (Å²) in [7, 11) is 1.64. The predicted octanol–water partition coefficient (Wildman–Crippen LogP) is 4.31. The topological polar surface area (TPSA) is 56.8 Å². The van der Waals surface area contributed by atoms with Gasteiger partial charge in [0, 0.05) is 31.0 Å². The first-order chi connectivity index (χ1) is 12.7. The number of ether oxygens (including phenoxy) is 3. The summed E-state index contributed by atoms with van der Waals surface area (Å²) in [6.07, 6.45) is 5.20. The lowest BCUT2D eigenvalue weighted by Crippen LogP contribution is -2.34. The Bertz CT molecular complexity index is 794. The third kappa shape index (κ3) is 3.47. The Morgan fingerprint density at radius 2 is 1.81 bits per heavy atom. The number of nitrogens with one attached hydrogen (secondary N) is 1. The molecule has 1 amide bonds. The number of anilines is 1. The van der Waals surface area contributed by atoms with Crippen molar-refractivity contribution in [1.82, 2.24) is 0 Å². The second kappa shape index (κ2) is 6.90. The fourth-order valence-electron chi connectivity index (χ4n) is 3.56. The van der Waals surface area contributed by atoms with E-state index in [4.69, 9.17) is 14.2 Å². The van der Waals surface area contributed by atoms with Crippen LogP contribution in [0.2, 0.25) is 0 Å². The minimum absolute atomic E-state index is 0.0183. The minimum Gasteiger partial charge on any atom is -0.497 e. The van der Waals surface area contributed by atoms with E-state index in [-0.39, 0.29) is 5.91 Å². The maximum atomic E-state index is 12.3. The molecule has 1 aliphatic carbocycles. The van der Waals surface area contributed by atoms with Crippen LogP contribution in [-0.4, -0.2) is 18.8 Å². The molecule has 0 radical (unpaired) electrons. The normalized spacial score (nSPS) is 16.7. The van der Waals surface area contributed by atoms with Crippen molar-refractivity contribution in [2.45, 2.75) is 44.3 Å². The molecule has 26 heavy (non-hydrogen) atoms. The van der Waals surface area contributed by atoms with Gasteiger partial charge in [0.05, 0.1) is 7.11 Å². The molecule has 1 aliphatic heterocycles. The van der Waals surface area contributed by atoms with Crippen LogP contribution in [0.5, 0.6) is 17.2 Å². The molecule has 2 aliphatic rings. The molecule has 0 atom stereocenters. The predicted molar refractivity (Wildman–Crippen MR) is 98.8 cm³/mol. The van der Waals surface area contributed by atoms with Gasteiger partial charge < -0.3 is 19.5 Å². The SMILES string of the molecule is COc1ccc(CCC(=O)Nc2ccc3c(c2)OC2(CCCC2)O3)cc1. The zero-order valence-corrected chi connectivity index (χ0v) is 14.9. The Morgan fingerprint density at radius 1 is 1.08 bits per heavy atom. The quantitative estimate of drug-likeness (QED) is 0.870. The highest BCUT2D eigenvalue weighted by molar-refractivity contribution is 5.91. The van der Waals surface area contributed by atoms with Crippen LogP contribution >= 0.6 is 0 Å². The van der Waals surface area contributed by atoms with Crippen LogP contribution in [0.3, 0.4) is 0 Å². The summed E-state index contributed by atoms with van der Waals surface area (Å²) in [6, 6.07) is 13.4. The summed E-state index contributed by atoms with van der Waals surface area (Å²) in [5.74, 6) is 1.82. The van der Waals surface area contributed by atoms with E-state index in [1.54, 1.807) is 7.11 Å². The highest BCUT2D eigenvalue weighted by Crippen LogP contribution is 2.47. The van der Waals surface area contributed by atoms with Gasteiger partial charge in [-0.05, 0) is 49.1 Å². The van der Waals surface area contributed by atoms with Gasteiger partial charge in [0.25, 0.3) is 5.79 Å². The van der Waals surface area contributed by atoms with Crippen LogP contribution in [0.25, 0.3) is 0 Å². The van der Waals surface area contributed by atoms with Crippen molar-refractivity contribution in [3.05, 3.63) is 48.0 Å². The fourth-order valence-corrected chi connectivity index (χ4v) is 3.56. The van der Waals surface area contributed by atoms with E-state index >= 15 is 0 Å². The second-order valence-corrected chi connectivity index (χ2v) is 6.88. The maximum Gasteiger partial charge on any atom is 0.251 e. The smallest absolute Gasteiger partial charge is 0.251 e. The third-order valence-electron chi connectivity index (χ3n) is 4.98. The number of benzene rings is 2. The largest absolute Gasteiger partial charge is 0.497 e. The van der Waals surface area contributed by atoms with Crippen molar-refractivity contribution in [2.24, 2.45) is 0 Å². The lowest BCUT2D eigenvalue weighted by molar-refractivity contribution is -0.116. The van der Waals surface area contributed by atoms with Gasteiger partial charge in [-0.3, -0.25) is 4.79 Å². The van der Waals surface area contributed by atoms with Gasteiger partial charge in [-0.25, -0.2) is 0 Å². The summed E-state index contributed by atoms with van der Waals surface area (Å²) in [4.78, 5) is 12.3. The molecule has 0 aromatic heterocycles. The van der Waals surface area contributed by atoms with E-state index in [0.29, 0.717) is 12.8 Å². The number of aryl methyl sites for hydroxylation is 1. The van der Waals surface area contributed by atoms with Crippen LogP contribution in [0.15, 0.2) is 42.5 Å². The molecule has 1 fully saturated rings. The maximum absolute atomic E-state index is 12.3. The van der Waals surface area contributed by atoms with Crippen LogP contribution in [0.1, 0.15) is 37.7 Å². The van der Waals surface area contributed by atoms with Crippen molar-refractivity contribution >= 4 is 11.6 Å². The average Bonchev–Trinajstić information content (AvgIpc) is 3.26. The molecule has 4 rings (SSSR count). The van der Waals surface area contributed by atoms with E-state index in [0.717, 1.165) is 54.2 Å². The monoisotopic (exact) mass is 353 g/mol. The van der Waals surface area contributed by atoms with Crippen LogP contribution in [-0.2, 0) is 11.2 Å². The number of methoxy groups -OCH3 is 1. The summed E-state index contributed by atoms with van der Waals surface area (Å²) < 4.78 is 17.2. The Morgan fingerprint density at radius 3 is 2.54 bits per heavy atom. The number of hydrogen-bond donors (Lipinski definition) is 1. The highest BCUT2D eigenvalue weighted by Gasteiger charge is 2.44. The standard InChI is InChI=1S/C21H23NO4/c1-24-17-8-4-15(5-9-17)6-11-20(23)22-16-7-10-18-19(14-16)26-21(25-18)12-2-3-13-21/h4-5,7-10,14H,2-3,6,11-13H2,1H3,(H,22,23). The Labute approximate surface area is 153 Å². The van der Waals surface area contributed by atoms with Gasteiger partial charge in [0.2, 0.25) is 5.91 Å². The van der Waals surface area contributed by atoms with Gasteiger partial charge in [0.15, 0.2) is 11.5 Å². The van der Waals surface area contributed by atoms with Gasteiger partial charge >= 0.3 is 0 Å². The van der Waals surface area contributed by atoms with Crippen molar-refractivity contribution in [2.75, 3.05) is 12.4 Å². The van der Waals surface area contributed by atoms with E-state index < -0.39 is 5.79 Å². The molecule has 0 saturated heterocycles. The van der Waals surface area contributed by atoms with Gasteiger partial charge in [0.1, 0.15) is 5.75 Å². The van der Waals surface area contributed by atoms with E-state index in [9.17, 15) is 4.79 Å². The fraction of sp³-hybridized carbons (Fsp3) is 0.381. The third-order valence-corrected chi connectivity index (χ3v) is 4.98. The molecule has 136 valence electrons. The van der Waals surface area contributed by atoms with E-state index in [2.05, 4.69) is 5.32 Å². The summed E-state index contributed by atoms with van der Waals surface area (Å²) in [5.41, 5.74) is 1.84. The van der Waals surface area contributed by atoms with Crippen LogP contribution < -0.4 is 19.5 Å².